The Hall–Kier alpha value is -2.79. The van der Waals surface area contributed by atoms with Gasteiger partial charge in [-0.3, -0.25) is 4.79 Å². The maximum Gasteiger partial charge on any atom is 0.418 e. The number of ether oxygens (including phenoxy) is 1. The van der Waals surface area contributed by atoms with Gasteiger partial charge < -0.3 is 10.1 Å². The van der Waals surface area contributed by atoms with Crippen LogP contribution in [0.4, 0.5) is 18.9 Å². The number of methoxy groups -OCH3 is 1. The van der Waals surface area contributed by atoms with Crippen LogP contribution in [0.25, 0.3) is 0 Å². The Morgan fingerprint density at radius 2 is 1.97 bits per heavy atom. The number of aromatic nitrogens is 4. The second kappa shape index (κ2) is 9.35. The fraction of sp³-hybridized carbons (Fsp3) is 0.222. The molecule has 2 aromatic carbocycles. The third kappa shape index (κ3) is 5.63. The first-order chi connectivity index (χ1) is 14.3. The molecule has 12 heteroatoms. The van der Waals surface area contributed by atoms with Gasteiger partial charge in [-0.05, 0) is 46.3 Å². The van der Waals surface area contributed by atoms with E-state index in [1.165, 1.54) is 10.7 Å². The Labute approximate surface area is 178 Å². The number of alkyl halides is 3. The summed E-state index contributed by atoms with van der Waals surface area (Å²) in [7, 11) is 1.57. The molecule has 1 heterocycles. The number of hydrogen-bond donors (Lipinski definition) is 1. The van der Waals surface area contributed by atoms with Crippen molar-refractivity contribution in [1.82, 2.24) is 20.2 Å². The van der Waals surface area contributed by atoms with Gasteiger partial charge in [0.25, 0.3) is 0 Å². The average Bonchev–Trinajstić information content (AvgIpc) is 3.14. The summed E-state index contributed by atoms with van der Waals surface area (Å²) in [5, 5.41) is 13.9. The highest BCUT2D eigenvalue weighted by atomic mass is 35.5. The molecule has 0 fully saturated rings. The molecule has 158 valence electrons. The Morgan fingerprint density at radius 3 is 2.63 bits per heavy atom. The first-order valence-corrected chi connectivity index (χ1v) is 9.81. The maximum atomic E-state index is 13.1. The number of thioether (sulfide) groups is 1. The fourth-order valence-electron chi connectivity index (χ4n) is 2.48. The van der Waals surface area contributed by atoms with E-state index in [-0.39, 0.29) is 16.5 Å². The molecule has 0 radical (unpaired) electrons. The topological polar surface area (TPSA) is 81.9 Å². The second-order valence-corrected chi connectivity index (χ2v) is 7.37. The number of halogens is 4. The molecule has 0 aliphatic heterocycles. The van der Waals surface area contributed by atoms with E-state index in [9.17, 15) is 18.0 Å². The summed E-state index contributed by atoms with van der Waals surface area (Å²) in [4.78, 5) is 12.2. The third-order valence-corrected chi connectivity index (χ3v) is 5.08. The molecule has 0 aliphatic carbocycles. The molecule has 0 spiro atoms. The van der Waals surface area contributed by atoms with Crippen LogP contribution in [0.1, 0.15) is 11.1 Å². The van der Waals surface area contributed by atoms with Crippen LogP contribution in [-0.2, 0) is 17.5 Å². The van der Waals surface area contributed by atoms with Crippen LogP contribution in [0.2, 0.25) is 5.02 Å². The molecule has 0 unspecified atom stereocenters. The van der Waals surface area contributed by atoms with Crippen molar-refractivity contribution in [3.05, 3.63) is 58.6 Å². The van der Waals surface area contributed by atoms with Gasteiger partial charge in [-0.2, -0.15) is 13.2 Å². The Bertz CT molecular complexity index is 1030. The van der Waals surface area contributed by atoms with Gasteiger partial charge in [0.15, 0.2) is 0 Å². The zero-order chi connectivity index (χ0) is 21.7. The largest absolute Gasteiger partial charge is 0.497 e. The summed E-state index contributed by atoms with van der Waals surface area (Å²) in [6.07, 6.45) is -4.65. The maximum absolute atomic E-state index is 13.1. The van der Waals surface area contributed by atoms with Crippen molar-refractivity contribution >= 4 is 35.0 Å². The van der Waals surface area contributed by atoms with E-state index in [4.69, 9.17) is 16.3 Å². The lowest BCUT2D eigenvalue weighted by Crippen LogP contribution is -2.18. The summed E-state index contributed by atoms with van der Waals surface area (Å²) in [6, 6.07) is 10.4. The number of nitrogens with one attached hydrogen (secondary N) is 1. The Balaban J connectivity index is 1.63. The van der Waals surface area contributed by atoms with Crippen molar-refractivity contribution in [2.75, 3.05) is 18.2 Å². The van der Waals surface area contributed by atoms with Gasteiger partial charge in [-0.15, -0.1) is 5.10 Å². The van der Waals surface area contributed by atoms with Crippen LogP contribution < -0.4 is 10.1 Å². The monoisotopic (exact) mass is 457 g/mol. The SMILES string of the molecule is COc1ccc(Cn2nnnc2SCC(=O)Nc2ccc(Cl)cc2C(F)(F)F)cc1. The van der Waals surface area contributed by atoms with Crippen LogP contribution in [0.5, 0.6) is 5.75 Å². The first-order valence-electron chi connectivity index (χ1n) is 8.45. The van der Waals surface area contributed by atoms with Gasteiger partial charge in [0.2, 0.25) is 11.1 Å². The Morgan fingerprint density at radius 1 is 1.23 bits per heavy atom. The standard InChI is InChI=1S/C18H15ClF3N5O2S/c1-29-13-5-2-11(3-6-13)9-27-17(24-25-26-27)30-10-16(28)23-15-7-4-12(19)8-14(15)18(20,21)22/h2-8H,9-10H2,1H3,(H,23,28). The van der Waals surface area contributed by atoms with E-state index in [1.54, 1.807) is 19.2 Å². The lowest BCUT2D eigenvalue weighted by atomic mass is 10.1. The minimum absolute atomic E-state index is 0.0765. The molecule has 0 saturated carbocycles. The normalized spacial score (nSPS) is 11.4. The molecule has 1 N–H and O–H groups in total. The van der Waals surface area contributed by atoms with Gasteiger partial charge in [0.05, 0.1) is 30.7 Å². The molecule has 0 bridgehead atoms. The molecular formula is C18H15ClF3N5O2S. The van der Waals surface area contributed by atoms with E-state index in [1.807, 2.05) is 12.1 Å². The predicted octanol–water partition coefficient (Wildman–Crippen LogP) is 4.13. The summed E-state index contributed by atoms with van der Waals surface area (Å²) < 4.78 is 46.0. The molecule has 1 aromatic heterocycles. The molecule has 3 rings (SSSR count). The van der Waals surface area contributed by atoms with Crippen molar-refractivity contribution < 1.29 is 22.7 Å². The minimum Gasteiger partial charge on any atom is -0.497 e. The van der Waals surface area contributed by atoms with Crippen LogP contribution in [0.3, 0.4) is 0 Å². The quantitative estimate of drug-likeness (QED) is 0.537. The van der Waals surface area contributed by atoms with E-state index in [0.29, 0.717) is 17.5 Å². The predicted molar refractivity (Wildman–Crippen MR) is 106 cm³/mol. The number of carbonyl (C=O) groups is 1. The second-order valence-electron chi connectivity index (χ2n) is 5.99. The lowest BCUT2D eigenvalue weighted by molar-refractivity contribution is -0.137. The summed E-state index contributed by atoms with van der Waals surface area (Å²) in [5.74, 6) is -0.0999. The number of amides is 1. The zero-order valence-corrected chi connectivity index (χ0v) is 17.1. The molecule has 0 atom stereocenters. The number of carbonyl (C=O) groups excluding carboxylic acids is 1. The molecule has 0 saturated heterocycles. The fourth-order valence-corrected chi connectivity index (χ4v) is 3.33. The molecule has 0 aliphatic rings. The molecule has 30 heavy (non-hydrogen) atoms. The van der Waals surface area contributed by atoms with Gasteiger partial charge >= 0.3 is 6.18 Å². The summed E-state index contributed by atoms with van der Waals surface area (Å²) in [6.45, 7) is 0.357. The molecule has 7 nitrogen and oxygen atoms in total. The van der Waals surface area contributed by atoms with Gasteiger partial charge in [-0.25, -0.2) is 4.68 Å². The number of benzene rings is 2. The molecule has 3 aromatic rings. The van der Waals surface area contributed by atoms with Crippen molar-refractivity contribution in [1.29, 1.82) is 0 Å². The average molecular weight is 458 g/mol. The number of rotatable bonds is 7. The number of hydrogen-bond acceptors (Lipinski definition) is 6. The molecular weight excluding hydrogens is 443 g/mol. The van der Waals surface area contributed by atoms with E-state index < -0.39 is 17.6 Å². The van der Waals surface area contributed by atoms with Gasteiger partial charge in [0.1, 0.15) is 5.75 Å². The highest BCUT2D eigenvalue weighted by Crippen LogP contribution is 2.36. The minimum atomic E-state index is -4.65. The third-order valence-electron chi connectivity index (χ3n) is 3.88. The summed E-state index contributed by atoms with van der Waals surface area (Å²) >= 11 is 6.65. The first kappa shape index (κ1) is 21.9. The number of anilines is 1. The Kier molecular flexibility index (Phi) is 6.83. The van der Waals surface area contributed by atoms with Crippen LogP contribution in [-0.4, -0.2) is 39.0 Å². The van der Waals surface area contributed by atoms with Crippen molar-refractivity contribution in [3.63, 3.8) is 0 Å². The highest BCUT2D eigenvalue weighted by Gasteiger charge is 2.34. The van der Waals surface area contributed by atoms with E-state index in [0.717, 1.165) is 29.5 Å². The van der Waals surface area contributed by atoms with Gasteiger partial charge in [0, 0.05) is 5.02 Å². The van der Waals surface area contributed by atoms with Crippen molar-refractivity contribution in [3.8, 4) is 5.75 Å². The van der Waals surface area contributed by atoms with E-state index in [2.05, 4.69) is 20.8 Å². The zero-order valence-electron chi connectivity index (χ0n) is 15.5. The lowest BCUT2D eigenvalue weighted by Gasteiger charge is -2.14. The summed E-state index contributed by atoms with van der Waals surface area (Å²) in [5.41, 5.74) is -0.474. The van der Waals surface area contributed by atoms with Crippen LogP contribution in [0, 0.1) is 0 Å². The smallest absolute Gasteiger partial charge is 0.418 e. The van der Waals surface area contributed by atoms with E-state index >= 15 is 0 Å². The van der Waals surface area contributed by atoms with Crippen molar-refractivity contribution in [2.45, 2.75) is 17.9 Å². The van der Waals surface area contributed by atoms with Crippen LogP contribution in [0.15, 0.2) is 47.6 Å². The highest BCUT2D eigenvalue weighted by molar-refractivity contribution is 7.99. The van der Waals surface area contributed by atoms with Crippen LogP contribution >= 0.6 is 23.4 Å². The van der Waals surface area contributed by atoms with Gasteiger partial charge in [-0.1, -0.05) is 35.5 Å². The number of tetrazole rings is 1. The van der Waals surface area contributed by atoms with Crippen molar-refractivity contribution in [2.24, 2.45) is 0 Å². The number of nitrogens with zero attached hydrogens (tertiary/aromatic N) is 4. The molecule has 1 amide bonds.